The van der Waals surface area contributed by atoms with Crippen molar-refractivity contribution < 1.29 is 9.21 Å². The number of hydrogen-bond donors (Lipinski definition) is 2. The average molecular weight is 487 g/mol. The quantitative estimate of drug-likeness (QED) is 0.254. The van der Waals surface area contributed by atoms with Crippen LogP contribution < -0.4 is 5.32 Å². The van der Waals surface area contributed by atoms with Gasteiger partial charge in [0.2, 0.25) is 5.91 Å². The van der Waals surface area contributed by atoms with Crippen molar-refractivity contribution >= 4 is 46.2 Å². The van der Waals surface area contributed by atoms with Gasteiger partial charge >= 0.3 is 0 Å². The lowest BCUT2D eigenvalue weighted by Crippen LogP contribution is -2.12. The Balaban J connectivity index is 1.39. The van der Waals surface area contributed by atoms with Gasteiger partial charge in [-0.1, -0.05) is 29.0 Å². The molecule has 0 aliphatic heterocycles. The zero-order valence-electron chi connectivity index (χ0n) is 17.1. The van der Waals surface area contributed by atoms with Gasteiger partial charge in [0.25, 0.3) is 0 Å². The molecule has 0 spiro atoms. The molecule has 0 radical (unpaired) electrons. The summed E-state index contributed by atoms with van der Waals surface area (Å²) in [5, 5.41) is 11.1. The minimum Gasteiger partial charge on any atom is -0.441 e. The van der Waals surface area contributed by atoms with E-state index in [0.29, 0.717) is 45.4 Å². The number of aromatic nitrogens is 5. The Morgan fingerprint density at radius 2 is 2.19 bits per heavy atom. The zero-order valence-corrected chi connectivity index (χ0v) is 19.5. The molecule has 0 aliphatic carbocycles. The Kier molecular flexibility index (Phi) is 6.63. The molecule has 3 aromatic heterocycles. The van der Waals surface area contributed by atoms with Gasteiger partial charge in [0.1, 0.15) is 0 Å². The number of carbonyl (C=O) groups excluding carboxylic acids is 1. The zero-order chi connectivity index (χ0) is 22.7. The number of hydrogen-bond acceptors (Lipinski definition) is 7. The maximum absolute atomic E-state index is 12.4. The number of aryl methyl sites for hydroxylation is 2. The number of nitrogens with zero attached hydrogens (tertiary/aromatic N) is 4. The first-order valence-corrected chi connectivity index (χ1v) is 11.3. The Morgan fingerprint density at radius 1 is 1.41 bits per heavy atom. The van der Waals surface area contributed by atoms with E-state index in [2.05, 4.69) is 32.1 Å². The van der Waals surface area contributed by atoms with Gasteiger partial charge in [-0.25, -0.2) is 9.97 Å². The van der Waals surface area contributed by atoms with E-state index in [1.54, 1.807) is 24.4 Å². The van der Waals surface area contributed by atoms with Crippen LogP contribution in [0.4, 0.5) is 5.13 Å². The van der Waals surface area contributed by atoms with Crippen LogP contribution in [0.5, 0.6) is 0 Å². The third kappa shape index (κ3) is 4.87. The van der Waals surface area contributed by atoms with Crippen LogP contribution in [0.1, 0.15) is 18.0 Å². The van der Waals surface area contributed by atoms with Gasteiger partial charge < -0.3 is 9.73 Å². The summed E-state index contributed by atoms with van der Waals surface area (Å²) >= 11 is 12.5. The monoisotopic (exact) mass is 486 g/mol. The molecule has 4 rings (SSSR count). The summed E-state index contributed by atoms with van der Waals surface area (Å²) in [6.07, 6.45) is 3.97. The summed E-state index contributed by atoms with van der Waals surface area (Å²) in [6.45, 7) is 6.14. The van der Waals surface area contributed by atoms with Gasteiger partial charge in [0.15, 0.2) is 27.4 Å². The summed E-state index contributed by atoms with van der Waals surface area (Å²) in [6, 6.07) is 7.28. The molecular formula is C21H19ClN6O2S2. The van der Waals surface area contributed by atoms with E-state index in [1.807, 2.05) is 23.6 Å². The van der Waals surface area contributed by atoms with E-state index in [4.69, 9.17) is 28.2 Å². The van der Waals surface area contributed by atoms with Crippen LogP contribution in [0, 0.1) is 11.7 Å². The highest BCUT2D eigenvalue weighted by molar-refractivity contribution is 7.71. The Morgan fingerprint density at radius 3 is 2.94 bits per heavy atom. The molecule has 0 fully saturated rings. The topological polar surface area (TPSA) is 102 Å². The number of halogens is 1. The van der Waals surface area contributed by atoms with Crippen molar-refractivity contribution in [2.24, 2.45) is 0 Å². The minimum atomic E-state index is -0.179. The van der Waals surface area contributed by atoms with Gasteiger partial charge in [-0.15, -0.1) is 6.58 Å². The van der Waals surface area contributed by atoms with E-state index in [0.717, 1.165) is 16.1 Å². The summed E-state index contributed by atoms with van der Waals surface area (Å²) in [5.41, 5.74) is 1.63. The van der Waals surface area contributed by atoms with Gasteiger partial charge in [-0.2, -0.15) is 5.10 Å². The van der Waals surface area contributed by atoms with Crippen molar-refractivity contribution in [2.45, 2.75) is 26.3 Å². The summed E-state index contributed by atoms with van der Waals surface area (Å²) in [5.74, 6) is 1.60. The minimum absolute atomic E-state index is 0.179. The first kappa shape index (κ1) is 22.1. The number of aromatic amines is 1. The number of rotatable bonds is 8. The van der Waals surface area contributed by atoms with E-state index in [-0.39, 0.29) is 12.3 Å². The van der Waals surface area contributed by atoms with Crippen LogP contribution in [0.2, 0.25) is 5.02 Å². The second kappa shape index (κ2) is 9.60. The number of oxazole rings is 1. The van der Waals surface area contributed by atoms with Gasteiger partial charge in [0.05, 0.1) is 16.8 Å². The SMILES string of the molecule is C=CCn1c(-c2sc(NC(=O)CCc3ncc(-c4ccc(Cl)cc4)o3)nc2C)n[nH]c1=S. The van der Waals surface area contributed by atoms with Gasteiger partial charge in [-0.3, -0.25) is 14.5 Å². The van der Waals surface area contributed by atoms with Crippen molar-refractivity contribution in [3.05, 3.63) is 64.5 Å². The average Bonchev–Trinajstić information content (AvgIpc) is 3.47. The molecule has 11 heteroatoms. The molecule has 3 heterocycles. The number of benzene rings is 1. The molecule has 4 aromatic rings. The lowest BCUT2D eigenvalue weighted by molar-refractivity contribution is -0.116. The summed E-state index contributed by atoms with van der Waals surface area (Å²) in [7, 11) is 0. The van der Waals surface area contributed by atoms with Crippen LogP contribution in [-0.4, -0.2) is 30.6 Å². The Labute approximate surface area is 198 Å². The van der Waals surface area contributed by atoms with E-state index in [1.165, 1.54) is 11.3 Å². The fourth-order valence-corrected chi connectivity index (χ4v) is 4.34. The molecule has 0 atom stereocenters. The van der Waals surface area contributed by atoms with Crippen LogP contribution >= 0.6 is 35.2 Å². The maximum atomic E-state index is 12.4. The van der Waals surface area contributed by atoms with E-state index in [9.17, 15) is 4.79 Å². The number of H-pyrrole nitrogens is 1. The van der Waals surface area contributed by atoms with Crippen LogP contribution in [0.15, 0.2) is 47.5 Å². The van der Waals surface area contributed by atoms with Gasteiger partial charge in [0, 0.05) is 30.0 Å². The molecule has 1 amide bonds. The van der Waals surface area contributed by atoms with Crippen molar-refractivity contribution in [1.82, 2.24) is 24.7 Å². The van der Waals surface area contributed by atoms with E-state index >= 15 is 0 Å². The van der Waals surface area contributed by atoms with Crippen molar-refractivity contribution in [3.63, 3.8) is 0 Å². The third-order valence-electron chi connectivity index (χ3n) is 4.56. The second-order valence-electron chi connectivity index (χ2n) is 6.86. The highest BCUT2D eigenvalue weighted by atomic mass is 35.5. The Bertz CT molecular complexity index is 1320. The first-order chi connectivity index (χ1) is 15.4. The number of nitrogens with one attached hydrogen (secondary N) is 2. The molecule has 1 aromatic carbocycles. The fourth-order valence-electron chi connectivity index (χ4n) is 3.02. The van der Waals surface area contributed by atoms with Crippen LogP contribution in [0.3, 0.4) is 0 Å². The number of anilines is 1. The van der Waals surface area contributed by atoms with E-state index < -0.39 is 0 Å². The molecule has 0 saturated carbocycles. The summed E-state index contributed by atoms with van der Waals surface area (Å²) < 4.78 is 8.08. The number of amides is 1. The molecule has 32 heavy (non-hydrogen) atoms. The molecule has 164 valence electrons. The molecule has 0 unspecified atom stereocenters. The Hall–Kier alpha value is -3.08. The molecule has 0 bridgehead atoms. The predicted octanol–water partition coefficient (Wildman–Crippen LogP) is 5.44. The highest BCUT2D eigenvalue weighted by Gasteiger charge is 2.17. The molecular weight excluding hydrogens is 468 g/mol. The standard InChI is InChI=1S/C21H19ClN6O2S2/c1-3-10-28-19(26-27-21(28)31)18-12(2)24-20(32-18)25-16(29)8-9-17-23-11-15(30-17)13-4-6-14(22)7-5-13/h3-7,11H,1,8-10H2,2H3,(H,27,31)(H,24,25,29). The molecule has 0 saturated heterocycles. The number of thiazole rings is 1. The predicted molar refractivity (Wildman–Crippen MR) is 127 cm³/mol. The molecule has 2 N–H and O–H groups in total. The van der Waals surface area contributed by atoms with Crippen molar-refractivity contribution in [2.75, 3.05) is 5.32 Å². The van der Waals surface area contributed by atoms with Crippen LogP contribution in [0.25, 0.3) is 22.0 Å². The van der Waals surface area contributed by atoms with Crippen molar-refractivity contribution in [1.29, 1.82) is 0 Å². The van der Waals surface area contributed by atoms with Crippen LogP contribution in [-0.2, 0) is 17.8 Å². The smallest absolute Gasteiger partial charge is 0.226 e. The second-order valence-corrected chi connectivity index (χ2v) is 8.68. The third-order valence-corrected chi connectivity index (χ3v) is 6.20. The fraction of sp³-hybridized carbons (Fsp3) is 0.190. The number of allylic oxidation sites excluding steroid dienone is 1. The van der Waals surface area contributed by atoms with Crippen molar-refractivity contribution in [3.8, 4) is 22.0 Å². The lowest BCUT2D eigenvalue weighted by Gasteiger charge is -2.01. The normalized spacial score (nSPS) is 10.9. The largest absolute Gasteiger partial charge is 0.441 e. The summed E-state index contributed by atoms with van der Waals surface area (Å²) in [4.78, 5) is 22.0. The number of carbonyl (C=O) groups is 1. The first-order valence-electron chi connectivity index (χ1n) is 9.69. The lowest BCUT2D eigenvalue weighted by atomic mass is 10.2. The molecule has 8 nitrogen and oxygen atoms in total. The maximum Gasteiger partial charge on any atom is 0.226 e. The van der Waals surface area contributed by atoms with Gasteiger partial charge in [-0.05, 0) is 43.4 Å². The highest BCUT2D eigenvalue weighted by Crippen LogP contribution is 2.32. The molecule has 0 aliphatic rings.